The summed E-state index contributed by atoms with van der Waals surface area (Å²) < 4.78 is 2.79. The zero-order chi connectivity index (χ0) is 22.4. The third-order valence-corrected chi connectivity index (χ3v) is 5.73. The van der Waals surface area contributed by atoms with E-state index in [-0.39, 0.29) is 18.0 Å². The van der Waals surface area contributed by atoms with Crippen LogP contribution in [0.25, 0.3) is 27.9 Å². The minimum absolute atomic E-state index is 0.0702. The number of Topliss-reactive ketones (excluding diaryl/α,β-unsaturated/α-hetero) is 1. The third kappa shape index (κ3) is 3.30. The van der Waals surface area contributed by atoms with Gasteiger partial charge in [-0.25, -0.2) is 9.78 Å². The Morgan fingerprint density at radius 3 is 2.50 bits per heavy atom. The highest BCUT2D eigenvalue weighted by Gasteiger charge is 2.18. The highest BCUT2D eigenvalue weighted by Crippen LogP contribution is 2.22. The number of hydrogen-bond acceptors (Lipinski definition) is 4. The molecular formula is C26H22N4O2. The van der Waals surface area contributed by atoms with E-state index < -0.39 is 0 Å². The first-order valence-electron chi connectivity index (χ1n) is 10.5. The van der Waals surface area contributed by atoms with E-state index in [1.807, 2.05) is 87.5 Å². The molecule has 0 aliphatic carbocycles. The highest BCUT2D eigenvalue weighted by molar-refractivity contribution is 5.99. The van der Waals surface area contributed by atoms with Gasteiger partial charge in [-0.2, -0.15) is 4.52 Å². The number of carbonyl (C=O) groups excluding carboxylic acids is 1. The van der Waals surface area contributed by atoms with E-state index in [1.165, 1.54) is 9.08 Å². The van der Waals surface area contributed by atoms with Crippen LogP contribution in [0.2, 0.25) is 0 Å². The number of nitrogens with zero attached hydrogens (tertiary/aromatic N) is 4. The van der Waals surface area contributed by atoms with Gasteiger partial charge in [-0.1, -0.05) is 53.6 Å². The largest absolute Gasteiger partial charge is 0.351 e. The number of ketones is 1. The lowest BCUT2D eigenvalue weighted by Crippen LogP contribution is -2.30. The zero-order valence-electron chi connectivity index (χ0n) is 18.2. The molecule has 0 aliphatic heterocycles. The van der Waals surface area contributed by atoms with Gasteiger partial charge in [-0.15, -0.1) is 5.10 Å². The minimum Gasteiger partial charge on any atom is -0.292 e. The Bertz CT molecular complexity index is 1580. The molecule has 0 fully saturated rings. The number of fused-ring (bicyclic) bond motifs is 3. The molecule has 0 radical (unpaired) electrons. The van der Waals surface area contributed by atoms with Gasteiger partial charge < -0.3 is 0 Å². The molecule has 6 heteroatoms. The Labute approximate surface area is 184 Å². The van der Waals surface area contributed by atoms with Crippen LogP contribution in [0, 0.1) is 20.8 Å². The Balaban J connectivity index is 1.70. The fourth-order valence-electron chi connectivity index (χ4n) is 4.06. The Kier molecular flexibility index (Phi) is 4.70. The molecule has 0 saturated heterocycles. The van der Waals surface area contributed by atoms with E-state index in [0.29, 0.717) is 22.6 Å². The quantitative estimate of drug-likeness (QED) is 0.399. The van der Waals surface area contributed by atoms with Crippen molar-refractivity contribution in [2.24, 2.45) is 0 Å². The highest BCUT2D eigenvalue weighted by atomic mass is 16.2. The predicted molar refractivity (Wildman–Crippen MR) is 125 cm³/mol. The van der Waals surface area contributed by atoms with Crippen molar-refractivity contribution in [1.82, 2.24) is 19.2 Å². The summed E-state index contributed by atoms with van der Waals surface area (Å²) in [5.41, 5.74) is 5.21. The minimum atomic E-state index is -0.385. The van der Waals surface area contributed by atoms with Crippen molar-refractivity contribution in [2.45, 2.75) is 27.3 Å². The topological polar surface area (TPSA) is 69.3 Å². The maximum atomic E-state index is 13.4. The molecule has 0 saturated carbocycles. The number of hydrogen-bond donors (Lipinski definition) is 0. The molecule has 0 spiro atoms. The SMILES string of the molecule is Cc1cccc(-c2nc3c4ccccc4n(CC(=O)c4cc(C)ccc4C)c(=O)n3n2)c1. The van der Waals surface area contributed by atoms with Crippen LogP contribution in [0.4, 0.5) is 0 Å². The van der Waals surface area contributed by atoms with Gasteiger partial charge in [0, 0.05) is 16.5 Å². The molecule has 0 amide bonds. The molecule has 3 aromatic carbocycles. The van der Waals surface area contributed by atoms with Gasteiger partial charge in [0.15, 0.2) is 17.3 Å². The zero-order valence-corrected chi connectivity index (χ0v) is 18.2. The van der Waals surface area contributed by atoms with Crippen LogP contribution in [0.15, 0.2) is 71.5 Å². The maximum absolute atomic E-state index is 13.4. The molecule has 32 heavy (non-hydrogen) atoms. The summed E-state index contributed by atoms with van der Waals surface area (Å²) in [6, 6.07) is 21.1. The van der Waals surface area contributed by atoms with Crippen LogP contribution in [0.5, 0.6) is 0 Å². The first-order chi connectivity index (χ1) is 15.4. The average Bonchev–Trinajstić information content (AvgIpc) is 3.24. The van der Waals surface area contributed by atoms with Crippen molar-refractivity contribution in [1.29, 1.82) is 0 Å². The number of aromatic nitrogens is 4. The molecule has 0 bridgehead atoms. The van der Waals surface area contributed by atoms with Crippen molar-refractivity contribution in [3.63, 3.8) is 0 Å². The van der Waals surface area contributed by atoms with Crippen molar-refractivity contribution in [3.8, 4) is 11.4 Å². The molecule has 0 unspecified atom stereocenters. The lowest BCUT2D eigenvalue weighted by molar-refractivity contribution is 0.0971. The average molecular weight is 422 g/mol. The monoisotopic (exact) mass is 422 g/mol. The Hall–Kier alpha value is -4.06. The molecule has 2 aromatic heterocycles. The van der Waals surface area contributed by atoms with E-state index in [2.05, 4.69) is 10.1 Å². The summed E-state index contributed by atoms with van der Waals surface area (Å²) in [5.74, 6) is 0.367. The van der Waals surface area contributed by atoms with E-state index in [0.717, 1.165) is 27.6 Å². The lowest BCUT2D eigenvalue weighted by atomic mass is 10.0. The molecule has 0 N–H and O–H groups in total. The normalized spacial score (nSPS) is 11.3. The number of carbonyl (C=O) groups is 1. The van der Waals surface area contributed by atoms with Crippen LogP contribution in [-0.2, 0) is 6.54 Å². The van der Waals surface area contributed by atoms with Gasteiger partial charge in [0.2, 0.25) is 0 Å². The van der Waals surface area contributed by atoms with Crippen molar-refractivity contribution >= 4 is 22.3 Å². The van der Waals surface area contributed by atoms with Gasteiger partial charge in [0.25, 0.3) is 0 Å². The molecule has 0 aliphatic rings. The molecular weight excluding hydrogens is 400 g/mol. The van der Waals surface area contributed by atoms with Crippen molar-refractivity contribution in [3.05, 3.63) is 99.5 Å². The van der Waals surface area contributed by atoms with Crippen LogP contribution in [-0.4, -0.2) is 24.9 Å². The van der Waals surface area contributed by atoms with Gasteiger partial charge in [0.1, 0.15) is 0 Å². The summed E-state index contributed by atoms with van der Waals surface area (Å²) in [4.78, 5) is 31.3. The fraction of sp³-hybridized carbons (Fsp3) is 0.154. The van der Waals surface area contributed by atoms with Crippen molar-refractivity contribution < 1.29 is 4.79 Å². The van der Waals surface area contributed by atoms with Gasteiger partial charge in [-0.3, -0.25) is 9.36 Å². The smallest absolute Gasteiger partial charge is 0.292 e. The number of benzene rings is 3. The van der Waals surface area contributed by atoms with Gasteiger partial charge in [-0.05, 0) is 50.6 Å². The van der Waals surface area contributed by atoms with Gasteiger partial charge in [0.05, 0.1) is 12.1 Å². The first kappa shape index (κ1) is 19.9. The number of aryl methyl sites for hydroxylation is 3. The Morgan fingerprint density at radius 2 is 1.69 bits per heavy atom. The maximum Gasteiger partial charge on any atom is 0.351 e. The molecule has 6 nitrogen and oxygen atoms in total. The Morgan fingerprint density at radius 1 is 0.906 bits per heavy atom. The van der Waals surface area contributed by atoms with Gasteiger partial charge >= 0.3 is 5.69 Å². The first-order valence-corrected chi connectivity index (χ1v) is 10.5. The summed E-state index contributed by atoms with van der Waals surface area (Å²) >= 11 is 0. The van der Waals surface area contributed by atoms with E-state index >= 15 is 0 Å². The molecule has 158 valence electrons. The molecule has 5 aromatic rings. The molecule has 0 atom stereocenters. The van der Waals surface area contributed by atoms with Crippen LogP contribution in [0.3, 0.4) is 0 Å². The summed E-state index contributed by atoms with van der Waals surface area (Å²) in [7, 11) is 0. The standard InChI is InChI=1S/C26H22N4O2/c1-16-7-6-8-19(13-16)24-27-25-20-9-4-5-10-22(20)29(26(32)30(25)28-24)15-23(31)21-14-17(2)11-12-18(21)3/h4-14H,15H2,1-3H3. The second-order valence-corrected chi connectivity index (χ2v) is 8.17. The fourth-order valence-corrected chi connectivity index (χ4v) is 4.06. The number of para-hydroxylation sites is 1. The van der Waals surface area contributed by atoms with Crippen LogP contribution >= 0.6 is 0 Å². The van der Waals surface area contributed by atoms with E-state index in [1.54, 1.807) is 0 Å². The summed E-state index contributed by atoms with van der Waals surface area (Å²) in [6.07, 6.45) is 0. The second kappa shape index (κ2) is 7.57. The third-order valence-electron chi connectivity index (χ3n) is 5.73. The molecule has 5 rings (SSSR count). The summed E-state index contributed by atoms with van der Waals surface area (Å²) in [6.45, 7) is 5.79. The predicted octanol–water partition coefficient (Wildman–Crippen LogP) is 4.52. The second-order valence-electron chi connectivity index (χ2n) is 8.17. The van der Waals surface area contributed by atoms with E-state index in [4.69, 9.17) is 0 Å². The lowest BCUT2D eigenvalue weighted by Gasteiger charge is -2.12. The molecule has 2 heterocycles. The van der Waals surface area contributed by atoms with E-state index in [9.17, 15) is 9.59 Å². The van der Waals surface area contributed by atoms with Crippen LogP contribution in [0.1, 0.15) is 27.0 Å². The van der Waals surface area contributed by atoms with Crippen molar-refractivity contribution in [2.75, 3.05) is 0 Å². The number of rotatable bonds is 4. The van der Waals surface area contributed by atoms with Crippen LogP contribution < -0.4 is 5.69 Å². The summed E-state index contributed by atoms with van der Waals surface area (Å²) in [5, 5.41) is 5.28.